The second-order valence-corrected chi connectivity index (χ2v) is 5.81. The molecule has 0 saturated heterocycles. The Morgan fingerprint density at radius 3 is 2.77 bits per heavy atom. The van der Waals surface area contributed by atoms with Crippen molar-refractivity contribution in [3.8, 4) is 11.5 Å². The quantitative estimate of drug-likeness (QED) is 0.802. The van der Waals surface area contributed by atoms with Crippen molar-refractivity contribution in [2.45, 2.75) is 26.0 Å². The van der Waals surface area contributed by atoms with E-state index in [2.05, 4.69) is 5.32 Å². The van der Waals surface area contributed by atoms with Crippen LogP contribution in [-0.2, 0) is 27.3 Å². The van der Waals surface area contributed by atoms with Crippen LogP contribution in [0.5, 0.6) is 11.5 Å². The van der Waals surface area contributed by atoms with E-state index in [-0.39, 0.29) is 25.3 Å². The van der Waals surface area contributed by atoms with Gasteiger partial charge in [-0.3, -0.25) is 9.59 Å². The van der Waals surface area contributed by atoms with Gasteiger partial charge in [0.25, 0.3) is 5.91 Å². The molecule has 1 aliphatic rings. The van der Waals surface area contributed by atoms with Gasteiger partial charge in [-0.2, -0.15) is 0 Å². The topological polar surface area (TPSA) is 73.9 Å². The maximum Gasteiger partial charge on any atom is 0.311 e. The van der Waals surface area contributed by atoms with Crippen molar-refractivity contribution in [1.29, 1.82) is 0 Å². The largest absolute Gasteiger partial charge is 0.454 e. The van der Waals surface area contributed by atoms with Crippen LogP contribution in [0.1, 0.15) is 18.1 Å². The molecule has 1 aliphatic heterocycles. The van der Waals surface area contributed by atoms with Crippen LogP contribution in [0.15, 0.2) is 42.5 Å². The van der Waals surface area contributed by atoms with Gasteiger partial charge in [-0.15, -0.1) is 0 Å². The highest BCUT2D eigenvalue weighted by atomic mass is 19.1. The average molecular weight is 359 g/mol. The highest BCUT2D eigenvalue weighted by Gasteiger charge is 2.19. The molecule has 1 heterocycles. The van der Waals surface area contributed by atoms with E-state index < -0.39 is 23.8 Å². The van der Waals surface area contributed by atoms with Crippen molar-refractivity contribution in [3.63, 3.8) is 0 Å². The SMILES string of the molecule is C[C@H](OC(=O)Cc1ccccc1F)C(=O)NCc1ccc2c(c1)OCO2. The van der Waals surface area contributed by atoms with E-state index in [0.717, 1.165) is 5.56 Å². The fourth-order valence-corrected chi connectivity index (χ4v) is 2.47. The van der Waals surface area contributed by atoms with Crippen molar-refractivity contribution < 1.29 is 28.2 Å². The van der Waals surface area contributed by atoms with E-state index in [1.165, 1.54) is 25.1 Å². The molecule has 0 aromatic heterocycles. The van der Waals surface area contributed by atoms with Crippen LogP contribution in [0.2, 0.25) is 0 Å². The van der Waals surface area contributed by atoms with Crippen molar-refractivity contribution in [1.82, 2.24) is 5.32 Å². The molecular formula is C19H18FNO5. The van der Waals surface area contributed by atoms with Crippen LogP contribution >= 0.6 is 0 Å². The lowest BCUT2D eigenvalue weighted by Crippen LogP contribution is -2.35. The normalized spacial score (nSPS) is 13.2. The molecule has 2 aromatic rings. The van der Waals surface area contributed by atoms with Crippen molar-refractivity contribution >= 4 is 11.9 Å². The van der Waals surface area contributed by atoms with Gasteiger partial charge >= 0.3 is 5.97 Å². The van der Waals surface area contributed by atoms with E-state index in [0.29, 0.717) is 11.5 Å². The van der Waals surface area contributed by atoms with Gasteiger partial charge in [-0.25, -0.2) is 4.39 Å². The molecule has 1 N–H and O–H groups in total. The minimum absolute atomic E-state index is 0.181. The van der Waals surface area contributed by atoms with E-state index >= 15 is 0 Å². The molecule has 2 aromatic carbocycles. The van der Waals surface area contributed by atoms with Crippen LogP contribution < -0.4 is 14.8 Å². The smallest absolute Gasteiger partial charge is 0.311 e. The molecule has 0 aliphatic carbocycles. The van der Waals surface area contributed by atoms with Crippen LogP contribution in [0.25, 0.3) is 0 Å². The fraction of sp³-hybridized carbons (Fsp3) is 0.263. The Morgan fingerprint density at radius 2 is 1.96 bits per heavy atom. The van der Waals surface area contributed by atoms with Crippen LogP contribution in [0, 0.1) is 5.82 Å². The summed E-state index contributed by atoms with van der Waals surface area (Å²) in [6.45, 7) is 1.90. The van der Waals surface area contributed by atoms with Gasteiger partial charge in [0.2, 0.25) is 6.79 Å². The summed E-state index contributed by atoms with van der Waals surface area (Å²) >= 11 is 0. The predicted octanol–water partition coefficient (Wildman–Crippen LogP) is 2.34. The average Bonchev–Trinajstić information content (AvgIpc) is 3.09. The highest BCUT2D eigenvalue weighted by molar-refractivity contribution is 5.83. The lowest BCUT2D eigenvalue weighted by Gasteiger charge is -2.14. The molecular weight excluding hydrogens is 341 g/mol. The Balaban J connectivity index is 1.48. The number of carbonyl (C=O) groups excluding carboxylic acids is 2. The van der Waals surface area contributed by atoms with Gasteiger partial charge in [0.05, 0.1) is 6.42 Å². The molecule has 6 nitrogen and oxygen atoms in total. The lowest BCUT2D eigenvalue weighted by molar-refractivity contribution is -0.154. The molecule has 26 heavy (non-hydrogen) atoms. The summed E-state index contributed by atoms with van der Waals surface area (Å²) in [6.07, 6.45) is -1.21. The van der Waals surface area contributed by atoms with Crippen molar-refractivity contribution in [3.05, 3.63) is 59.4 Å². The van der Waals surface area contributed by atoms with Gasteiger partial charge in [-0.1, -0.05) is 24.3 Å². The number of nitrogens with one attached hydrogen (secondary N) is 1. The molecule has 3 rings (SSSR count). The standard InChI is InChI=1S/C19H18FNO5/c1-12(26-18(22)9-14-4-2-3-5-15(14)20)19(23)21-10-13-6-7-16-17(8-13)25-11-24-16/h2-8,12H,9-11H2,1H3,(H,21,23)/t12-/m0/s1. The summed E-state index contributed by atoms with van der Waals surface area (Å²) in [5.74, 6) is -0.300. The Kier molecular flexibility index (Phi) is 5.36. The molecule has 1 atom stereocenters. The maximum absolute atomic E-state index is 13.5. The van der Waals surface area contributed by atoms with Gasteiger partial charge in [-0.05, 0) is 36.2 Å². The fourth-order valence-electron chi connectivity index (χ4n) is 2.47. The first kappa shape index (κ1) is 17.7. The summed E-state index contributed by atoms with van der Waals surface area (Å²) in [5.41, 5.74) is 1.05. The molecule has 0 bridgehead atoms. The summed E-state index contributed by atoms with van der Waals surface area (Å²) in [5, 5.41) is 2.68. The third kappa shape index (κ3) is 4.30. The predicted molar refractivity (Wildman–Crippen MR) is 90.1 cm³/mol. The molecule has 0 spiro atoms. The van der Waals surface area contributed by atoms with Gasteiger partial charge in [0.1, 0.15) is 5.82 Å². The Morgan fingerprint density at radius 1 is 1.19 bits per heavy atom. The number of amides is 1. The molecule has 7 heteroatoms. The molecule has 136 valence electrons. The number of esters is 1. The van der Waals surface area contributed by atoms with Crippen LogP contribution in [-0.4, -0.2) is 24.8 Å². The lowest BCUT2D eigenvalue weighted by atomic mass is 10.1. The number of fused-ring (bicyclic) bond motifs is 1. The summed E-state index contributed by atoms with van der Waals surface area (Å²) in [4.78, 5) is 24.0. The number of carbonyl (C=O) groups is 2. The number of ether oxygens (including phenoxy) is 3. The van der Waals surface area contributed by atoms with Gasteiger partial charge in [0.15, 0.2) is 17.6 Å². The number of rotatable bonds is 6. The zero-order valence-electron chi connectivity index (χ0n) is 14.2. The summed E-state index contributed by atoms with van der Waals surface area (Å²) < 4.78 is 29.1. The number of hydrogen-bond donors (Lipinski definition) is 1. The van der Waals surface area contributed by atoms with Crippen LogP contribution in [0.4, 0.5) is 4.39 Å². The first-order valence-corrected chi connectivity index (χ1v) is 8.12. The summed E-state index contributed by atoms with van der Waals surface area (Å²) in [6, 6.07) is 11.3. The first-order chi connectivity index (χ1) is 12.5. The molecule has 0 saturated carbocycles. The van der Waals surface area contributed by atoms with Gasteiger partial charge < -0.3 is 19.5 Å². The zero-order valence-corrected chi connectivity index (χ0v) is 14.2. The van der Waals surface area contributed by atoms with E-state index in [1.54, 1.807) is 18.2 Å². The number of halogens is 1. The minimum atomic E-state index is -0.983. The van der Waals surface area contributed by atoms with Crippen molar-refractivity contribution in [2.75, 3.05) is 6.79 Å². The molecule has 1 amide bonds. The monoisotopic (exact) mass is 359 g/mol. The minimum Gasteiger partial charge on any atom is -0.454 e. The van der Waals surface area contributed by atoms with Crippen molar-refractivity contribution in [2.24, 2.45) is 0 Å². The number of hydrogen-bond acceptors (Lipinski definition) is 5. The Bertz CT molecular complexity index is 823. The molecule has 0 unspecified atom stereocenters. The second-order valence-electron chi connectivity index (χ2n) is 5.81. The highest BCUT2D eigenvalue weighted by Crippen LogP contribution is 2.32. The van der Waals surface area contributed by atoms with E-state index in [9.17, 15) is 14.0 Å². The van der Waals surface area contributed by atoms with Gasteiger partial charge in [0, 0.05) is 6.54 Å². The summed E-state index contributed by atoms with van der Waals surface area (Å²) in [7, 11) is 0. The van der Waals surface area contributed by atoms with Crippen LogP contribution in [0.3, 0.4) is 0 Å². The third-order valence-corrected chi connectivity index (χ3v) is 3.87. The maximum atomic E-state index is 13.5. The molecule has 0 radical (unpaired) electrons. The first-order valence-electron chi connectivity index (χ1n) is 8.12. The third-order valence-electron chi connectivity index (χ3n) is 3.87. The van der Waals surface area contributed by atoms with E-state index in [1.807, 2.05) is 6.07 Å². The molecule has 0 fully saturated rings. The zero-order chi connectivity index (χ0) is 18.5. The second kappa shape index (κ2) is 7.86. The van der Waals surface area contributed by atoms with E-state index in [4.69, 9.17) is 14.2 Å². The Labute approximate surface area is 149 Å². The number of benzene rings is 2. The Hall–Kier alpha value is -3.09.